The molecule has 6 aromatic carbocycles. The van der Waals surface area contributed by atoms with Crippen molar-refractivity contribution < 1.29 is 0 Å². The Morgan fingerprint density at radius 2 is 0.978 bits per heavy atom. The number of aromatic nitrogens is 3. The summed E-state index contributed by atoms with van der Waals surface area (Å²) in [6.45, 7) is 4.00. The highest BCUT2D eigenvalue weighted by molar-refractivity contribution is 7.79. The summed E-state index contributed by atoms with van der Waals surface area (Å²) in [4.78, 5) is 9.89. The topological polar surface area (TPSA) is 30.7 Å². The van der Waals surface area contributed by atoms with Gasteiger partial charge >= 0.3 is 0 Å². The second kappa shape index (κ2) is 13.6. The van der Waals surface area contributed by atoms with Crippen LogP contribution in [0.25, 0.3) is 71.9 Å². The zero-order valence-electron chi connectivity index (χ0n) is 25.7. The van der Waals surface area contributed by atoms with E-state index in [-0.39, 0.29) is 0 Å². The molecule has 45 heavy (non-hydrogen) atoms. The van der Waals surface area contributed by atoms with E-state index in [0.29, 0.717) is 5.95 Å². The highest BCUT2D eigenvalue weighted by Crippen LogP contribution is 2.37. The van der Waals surface area contributed by atoms with Gasteiger partial charge in [-0.25, -0.2) is 9.97 Å². The van der Waals surface area contributed by atoms with Crippen molar-refractivity contribution in [2.75, 3.05) is 6.26 Å². The van der Waals surface area contributed by atoms with Gasteiger partial charge in [0.1, 0.15) is 0 Å². The van der Waals surface area contributed by atoms with Crippen LogP contribution in [-0.2, 0) is 0 Å². The first-order chi connectivity index (χ1) is 22.3. The van der Waals surface area contributed by atoms with E-state index >= 15 is 0 Å². The number of benzene rings is 6. The number of hydrogen-bond acceptors (Lipinski definition) is 3. The Labute approximate surface area is 270 Å². The number of fused-ring (bicyclic) bond motifs is 5. The summed E-state index contributed by atoms with van der Waals surface area (Å²) in [6, 6.07) is 49.1. The van der Waals surface area contributed by atoms with E-state index < -0.39 is 0 Å². The van der Waals surface area contributed by atoms with Crippen LogP contribution < -0.4 is 0 Å². The molecule has 220 valence electrons. The molecule has 4 heteroatoms. The minimum absolute atomic E-state index is 0.668. The molecule has 0 aliphatic heterocycles. The van der Waals surface area contributed by atoms with Gasteiger partial charge in [0, 0.05) is 34.1 Å². The van der Waals surface area contributed by atoms with Crippen molar-refractivity contribution in [2.24, 2.45) is 0 Å². The van der Waals surface area contributed by atoms with Crippen LogP contribution in [0, 0.1) is 0 Å². The Kier molecular flexibility index (Phi) is 9.04. The average molecular weight is 602 g/mol. The third-order valence-corrected chi connectivity index (χ3v) is 7.94. The van der Waals surface area contributed by atoms with Gasteiger partial charge in [0.05, 0.1) is 11.0 Å². The van der Waals surface area contributed by atoms with Crippen LogP contribution in [0.4, 0.5) is 0 Å². The van der Waals surface area contributed by atoms with Gasteiger partial charge in [-0.1, -0.05) is 147 Å². The molecule has 0 spiro atoms. The first-order valence-electron chi connectivity index (χ1n) is 15.3. The molecule has 0 atom stereocenters. The minimum atomic E-state index is 0.668. The van der Waals surface area contributed by atoms with E-state index in [2.05, 4.69) is 151 Å². The molecule has 0 amide bonds. The zero-order chi connectivity index (χ0) is 31.2. The fraction of sp³-hybridized carbons (Fsp3) is 0.0732. The highest BCUT2D eigenvalue weighted by atomic mass is 32.1. The van der Waals surface area contributed by atoms with Crippen LogP contribution in [-0.4, -0.2) is 20.8 Å². The van der Waals surface area contributed by atoms with Crippen molar-refractivity contribution in [2.45, 2.75) is 13.8 Å². The fourth-order valence-corrected chi connectivity index (χ4v) is 5.97. The molecule has 0 bridgehead atoms. The lowest BCUT2D eigenvalue weighted by atomic mass is 9.94. The number of hydrogen-bond donors (Lipinski definition) is 1. The van der Waals surface area contributed by atoms with Crippen molar-refractivity contribution in [3.8, 4) is 39.3 Å². The third-order valence-electron chi connectivity index (χ3n) is 7.94. The van der Waals surface area contributed by atoms with Gasteiger partial charge in [-0.05, 0) is 45.5 Å². The first-order valence-corrected chi connectivity index (χ1v) is 16.2. The van der Waals surface area contributed by atoms with Gasteiger partial charge in [0.2, 0.25) is 5.95 Å². The minimum Gasteiger partial charge on any atom is -0.277 e. The molecule has 8 aromatic rings. The summed E-state index contributed by atoms with van der Waals surface area (Å²) >= 11 is 3.53. The normalized spacial score (nSPS) is 10.7. The maximum atomic E-state index is 4.95. The lowest BCUT2D eigenvalue weighted by molar-refractivity contribution is 0.992. The van der Waals surface area contributed by atoms with Crippen molar-refractivity contribution in [1.29, 1.82) is 0 Å². The van der Waals surface area contributed by atoms with E-state index in [1.165, 1.54) is 38.2 Å². The highest BCUT2D eigenvalue weighted by Gasteiger charge is 2.17. The van der Waals surface area contributed by atoms with Crippen LogP contribution in [0.15, 0.2) is 152 Å². The second-order valence-electron chi connectivity index (χ2n) is 10.3. The Hall–Kier alpha value is -5.19. The van der Waals surface area contributed by atoms with E-state index in [9.17, 15) is 0 Å². The van der Waals surface area contributed by atoms with Crippen molar-refractivity contribution in [1.82, 2.24) is 14.5 Å². The van der Waals surface area contributed by atoms with Gasteiger partial charge < -0.3 is 0 Å². The predicted molar refractivity (Wildman–Crippen MR) is 196 cm³/mol. The number of nitrogens with zero attached hydrogens (tertiary/aromatic N) is 3. The van der Waals surface area contributed by atoms with Crippen molar-refractivity contribution in [3.63, 3.8) is 0 Å². The fourth-order valence-electron chi connectivity index (χ4n) is 5.97. The molecule has 3 nitrogen and oxygen atoms in total. The molecule has 0 saturated heterocycles. The Morgan fingerprint density at radius 3 is 1.69 bits per heavy atom. The lowest BCUT2D eigenvalue weighted by Crippen LogP contribution is -2.01. The van der Waals surface area contributed by atoms with Gasteiger partial charge in [-0.3, -0.25) is 4.57 Å². The SMILES string of the molecule is CC.CS.c1ccc(-c2ccc(-c3ccccc3-c3cnc(-n4c5ccccc5c5ccc6ccccc6c54)nc3)cc2)cc1. The predicted octanol–water partition coefficient (Wildman–Crippen LogP) is 11.3. The van der Waals surface area contributed by atoms with Crippen molar-refractivity contribution in [3.05, 3.63) is 152 Å². The first kappa shape index (κ1) is 29.9. The monoisotopic (exact) mass is 601 g/mol. The van der Waals surface area contributed by atoms with E-state index in [1.807, 2.05) is 32.3 Å². The lowest BCUT2D eigenvalue weighted by Gasteiger charge is -2.12. The Balaban J connectivity index is 0.000000860. The summed E-state index contributed by atoms with van der Waals surface area (Å²) in [5.74, 6) is 0.668. The van der Waals surface area contributed by atoms with Crippen LogP contribution >= 0.6 is 12.6 Å². The molecule has 8 rings (SSSR count). The summed E-state index contributed by atoms with van der Waals surface area (Å²) in [5, 5.41) is 4.80. The molecule has 0 fully saturated rings. The third kappa shape index (κ3) is 5.61. The molecule has 0 aliphatic rings. The molecule has 0 unspecified atom stereocenters. The maximum absolute atomic E-state index is 4.95. The van der Waals surface area contributed by atoms with E-state index in [0.717, 1.165) is 27.7 Å². The maximum Gasteiger partial charge on any atom is 0.234 e. The average Bonchev–Trinajstić information content (AvgIpc) is 3.49. The smallest absolute Gasteiger partial charge is 0.234 e. The van der Waals surface area contributed by atoms with E-state index in [4.69, 9.17) is 9.97 Å². The largest absolute Gasteiger partial charge is 0.277 e. The quantitative estimate of drug-likeness (QED) is 0.203. The van der Waals surface area contributed by atoms with Gasteiger partial charge in [-0.15, -0.1) is 0 Å². The molecule has 2 aromatic heterocycles. The van der Waals surface area contributed by atoms with Crippen LogP contribution in [0.3, 0.4) is 0 Å². The Morgan fingerprint density at radius 1 is 0.444 bits per heavy atom. The van der Waals surface area contributed by atoms with Crippen LogP contribution in [0.1, 0.15) is 13.8 Å². The van der Waals surface area contributed by atoms with Gasteiger partial charge in [0.15, 0.2) is 0 Å². The van der Waals surface area contributed by atoms with Crippen LogP contribution in [0.5, 0.6) is 0 Å². The number of rotatable bonds is 4. The zero-order valence-corrected chi connectivity index (χ0v) is 26.6. The van der Waals surface area contributed by atoms with Crippen molar-refractivity contribution >= 4 is 45.2 Å². The van der Waals surface area contributed by atoms with Gasteiger partial charge in [-0.2, -0.15) is 12.6 Å². The Bertz CT molecular complexity index is 2180. The van der Waals surface area contributed by atoms with Gasteiger partial charge in [0.25, 0.3) is 0 Å². The second-order valence-corrected chi connectivity index (χ2v) is 10.3. The molecule has 0 saturated carbocycles. The molecule has 0 N–H and O–H groups in total. The molecular formula is C41H35N3S. The molecule has 0 aliphatic carbocycles. The number of para-hydroxylation sites is 1. The van der Waals surface area contributed by atoms with E-state index in [1.54, 1.807) is 6.26 Å². The number of thiol groups is 1. The molecule has 0 radical (unpaired) electrons. The molecule has 2 heterocycles. The standard InChI is InChI=1S/C38H25N3.C2H6.CH4S/c1-2-10-26(11-3-1)27-18-20-29(21-19-27)31-13-6-7-14-32(31)30-24-39-38(40-25-30)41-36-17-9-8-16-34(36)35-23-22-28-12-4-5-15-33(28)37(35)41;2*1-2/h1-25H;1-2H3;2H,1H3. The summed E-state index contributed by atoms with van der Waals surface area (Å²) in [5.41, 5.74) is 9.08. The summed E-state index contributed by atoms with van der Waals surface area (Å²) in [7, 11) is 0. The molecular weight excluding hydrogens is 567 g/mol. The van der Waals surface area contributed by atoms with Crippen LogP contribution in [0.2, 0.25) is 0 Å². The summed E-state index contributed by atoms with van der Waals surface area (Å²) in [6.07, 6.45) is 5.59. The summed E-state index contributed by atoms with van der Waals surface area (Å²) < 4.78 is 2.20.